The van der Waals surface area contributed by atoms with Crippen LogP contribution < -0.4 is 5.73 Å². The molecule has 0 aromatic carbocycles. The van der Waals surface area contributed by atoms with Crippen LogP contribution in [0.25, 0.3) is 11.1 Å². The summed E-state index contributed by atoms with van der Waals surface area (Å²) in [4.78, 5) is 19.3. The van der Waals surface area contributed by atoms with Crippen molar-refractivity contribution in [3.63, 3.8) is 0 Å². The predicted molar refractivity (Wildman–Crippen MR) is 83.6 cm³/mol. The molecule has 3 heterocycles. The molecule has 2 aromatic rings. The van der Waals surface area contributed by atoms with Crippen molar-refractivity contribution in [1.29, 1.82) is 0 Å². The van der Waals surface area contributed by atoms with Crippen LogP contribution in [0, 0.1) is 19.8 Å². The van der Waals surface area contributed by atoms with Crippen LogP contribution in [0.5, 0.6) is 0 Å². The molecule has 1 aliphatic heterocycles. The third-order valence-electron chi connectivity index (χ3n) is 4.49. The SMILES string of the molecule is Cc1cc(C(=O)N2CCC(C)CC2CN)c2c(C)noc2n1. The number of carbonyl (C=O) groups is 1. The summed E-state index contributed by atoms with van der Waals surface area (Å²) in [5.41, 5.74) is 8.38. The molecule has 0 spiro atoms. The number of hydrogen-bond acceptors (Lipinski definition) is 5. The van der Waals surface area contributed by atoms with Gasteiger partial charge in [-0.2, -0.15) is 0 Å². The first-order chi connectivity index (χ1) is 10.5. The summed E-state index contributed by atoms with van der Waals surface area (Å²) in [6.07, 6.45) is 1.97. The first-order valence-electron chi connectivity index (χ1n) is 7.76. The number of hydrogen-bond donors (Lipinski definition) is 1. The number of aromatic nitrogens is 2. The van der Waals surface area contributed by atoms with Gasteiger partial charge in [-0.05, 0) is 38.7 Å². The Bertz CT molecular complexity index is 709. The quantitative estimate of drug-likeness (QED) is 0.917. The number of carbonyl (C=O) groups excluding carboxylic acids is 1. The first kappa shape index (κ1) is 15.0. The maximum Gasteiger partial charge on any atom is 0.258 e. The van der Waals surface area contributed by atoms with Gasteiger partial charge in [-0.3, -0.25) is 4.79 Å². The predicted octanol–water partition coefficient (Wildman–Crippen LogP) is 2.04. The summed E-state index contributed by atoms with van der Waals surface area (Å²) < 4.78 is 5.22. The second kappa shape index (κ2) is 5.68. The molecule has 6 nitrogen and oxygen atoms in total. The summed E-state index contributed by atoms with van der Waals surface area (Å²) in [5, 5.41) is 4.66. The molecular weight excluding hydrogens is 280 g/mol. The van der Waals surface area contributed by atoms with Gasteiger partial charge in [-0.1, -0.05) is 12.1 Å². The summed E-state index contributed by atoms with van der Waals surface area (Å²) in [6, 6.07) is 1.92. The Balaban J connectivity index is 2.03. The normalized spacial score (nSPS) is 22.3. The average Bonchev–Trinajstić information content (AvgIpc) is 2.86. The van der Waals surface area contributed by atoms with E-state index in [0.717, 1.165) is 25.1 Å². The zero-order chi connectivity index (χ0) is 15.9. The number of fused-ring (bicyclic) bond motifs is 1. The van der Waals surface area contributed by atoms with Gasteiger partial charge in [0, 0.05) is 24.8 Å². The standard InChI is InChI=1S/C16H22N4O2/c1-9-4-5-20(12(6-9)8-17)16(21)13-7-10(2)18-15-14(13)11(3)19-22-15/h7,9,12H,4-6,8,17H2,1-3H3. The van der Waals surface area contributed by atoms with Crippen LogP contribution >= 0.6 is 0 Å². The van der Waals surface area contributed by atoms with Gasteiger partial charge in [-0.25, -0.2) is 4.98 Å². The van der Waals surface area contributed by atoms with Crippen LogP contribution in [0.15, 0.2) is 10.6 Å². The van der Waals surface area contributed by atoms with Gasteiger partial charge in [0.25, 0.3) is 11.6 Å². The second-order valence-corrected chi connectivity index (χ2v) is 6.28. The lowest BCUT2D eigenvalue weighted by Gasteiger charge is -2.38. The smallest absolute Gasteiger partial charge is 0.258 e. The van der Waals surface area contributed by atoms with E-state index in [0.29, 0.717) is 34.8 Å². The minimum absolute atomic E-state index is 0.00384. The second-order valence-electron chi connectivity index (χ2n) is 6.28. The highest BCUT2D eigenvalue weighted by molar-refractivity contribution is 6.06. The van der Waals surface area contributed by atoms with Gasteiger partial charge < -0.3 is 15.2 Å². The molecule has 2 atom stereocenters. The molecule has 0 aliphatic carbocycles. The van der Waals surface area contributed by atoms with E-state index in [9.17, 15) is 4.79 Å². The van der Waals surface area contributed by atoms with E-state index in [4.69, 9.17) is 10.3 Å². The Morgan fingerprint density at radius 3 is 3.00 bits per heavy atom. The van der Waals surface area contributed by atoms with Gasteiger partial charge in [-0.15, -0.1) is 0 Å². The number of aryl methyl sites for hydroxylation is 2. The fourth-order valence-corrected chi connectivity index (χ4v) is 3.28. The van der Waals surface area contributed by atoms with Crippen LogP contribution in [0.3, 0.4) is 0 Å². The fourth-order valence-electron chi connectivity index (χ4n) is 3.28. The molecule has 6 heteroatoms. The van der Waals surface area contributed by atoms with Crippen molar-refractivity contribution < 1.29 is 9.32 Å². The number of piperidine rings is 1. The fraction of sp³-hybridized carbons (Fsp3) is 0.562. The monoisotopic (exact) mass is 302 g/mol. The molecule has 0 radical (unpaired) electrons. The number of likely N-dealkylation sites (tertiary alicyclic amines) is 1. The molecule has 1 aliphatic rings. The number of nitrogens with two attached hydrogens (primary N) is 1. The van der Waals surface area contributed by atoms with Crippen LogP contribution in [0.1, 0.15) is 41.5 Å². The van der Waals surface area contributed by atoms with E-state index in [1.165, 1.54) is 0 Å². The van der Waals surface area contributed by atoms with Gasteiger partial charge in [0.15, 0.2) is 0 Å². The molecule has 1 fully saturated rings. The number of pyridine rings is 1. The Morgan fingerprint density at radius 1 is 1.50 bits per heavy atom. The highest BCUT2D eigenvalue weighted by Gasteiger charge is 2.31. The summed E-state index contributed by atoms with van der Waals surface area (Å²) >= 11 is 0. The molecule has 118 valence electrons. The van der Waals surface area contributed by atoms with Crippen molar-refractivity contribution in [2.45, 2.75) is 39.7 Å². The lowest BCUT2D eigenvalue weighted by molar-refractivity contribution is 0.0575. The van der Waals surface area contributed by atoms with Crippen molar-refractivity contribution in [2.75, 3.05) is 13.1 Å². The van der Waals surface area contributed by atoms with Crippen LogP contribution in [-0.2, 0) is 0 Å². The maximum atomic E-state index is 13.1. The molecule has 2 unspecified atom stereocenters. The molecule has 2 aromatic heterocycles. The molecule has 0 saturated carbocycles. The van der Waals surface area contributed by atoms with Gasteiger partial charge in [0.05, 0.1) is 16.6 Å². The van der Waals surface area contributed by atoms with E-state index in [2.05, 4.69) is 17.1 Å². The third-order valence-corrected chi connectivity index (χ3v) is 4.49. The van der Waals surface area contributed by atoms with Gasteiger partial charge >= 0.3 is 0 Å². The van der Waals surface area contributed by atoms with Gasteiger partial charge in [0.1, 0.15) is 0 Å². The zero-order valence-electron chi connectivity index (χ0n) is 13.3. The van der Waals surface area contributed by atoms with Crippen LogP contribution in [-0.4, -0.2) is 40.1 Å². The van der Waals surface area contributed by atoms with Gasteiger partial charge in [0.2, 0.25) is 0 Å². The minimum atomic E-state index is 0.00384. The molecule has 1 amide bonds. The summed E-state index contributed by atoms with van der Waals surface area (Å²) in [6.45, 7) is 7.13. The van der Waals surface area contributed by atoms with Crippen molar-refractivity contribution in [3.05, 3.63) is 23.0 Å². The molecular formula is C16H22N4O2. The molecule has 3 rings (SSSR count). The van der Waals surface area contributed by atoms with E-state index in [-0.39, 0.29) is 11.9 Å². The highest BCUT2D eigenvalue weighted by atomic mass is 16.5. The minimum Gasteiger partial charge on any atom is -0.336 e. The van der Waals surface area contributed by atoms with E-state index in [1.807, 2.05) is 24.8 Å². The van der Waals surface area contributed by atoms with Crippen LogP contribution in [0.2, 0.25) is 0 Å². The van der Waals surface area contributed by atoms with E-state index < -0.39 is 0 Å². The zero-order valence-corrected chi connectivity index (χ0v) is 13.3. The first-order valence-corrected chi connectivity index (χ1v) is 7.76. The Kier molecular flexibility index (Phi) is 3.87. The van der Waals surface area contributed by atoms with Crippen LogP contribution in [0.4, 0.5) is 0 Å². The number of amides is 1. The third kappa shape index (κ3) is 2.47. The van der Waals surface area contributed by atoms with Crippen molar-refractivity contribution in [3.8, 4) is 0 Å². The van der Waals surface area contributed by atoms with Crippen molar-refractivity contribution >= 4 is 17.0 Å². The lowest BCUT2D eigenvalue weighted by Crippen LogP contribution is -2.49. The van der Waals surface area contributed by atoms with Crippen molar-refractivity contribution in [1.82, 2.24) is 15.0 Å². The molecule has 22 heavy (non-hydrogen) atoms. The molecule has 1 saturated heterocycles. The lowest BCUT2D eigenvalue weighted by atomic mass is 9.91. The molecule has 2 N–H and O–H groups in total. The van der Waals surface area contributed by atoms with Crippen molar-refractivity contribution in [2.24, 2.45) is 11.7 Å². The Labute approximate surface area is 129 Å². The largest absolute Gasteiger partial charge is 0.336 e. The number of rotatable bonds is 2. The number of nitrogens with zero attached hydrogens (tertiary/aromatic N) is 3. The molecule has 0 bridgehead atoms. The Morgan fingerprint density at radius 2 is 2.27 bits per heavy atom. The average molecular weight is 302 g/mol. The summed E-state index contributed by atoms with van der Waals surface area (Å²) in [7, 11) is 0. The topological polar surface area (TPSA) is 85.2 Å². The highest BCUT2D eigenvalue weighted by Crippen LogP contribution is 2.27. The van der Waals surface area contributed by atoms with E-state index in [1.54, 1.807) is 0 Å². The summed E-state index contributed by atoms with van der Waals surface area (Å²) in [5.74, 6) is 0.610. The van der Waals surface area contributed by atoms with E-state index >= 15 is 0 Å². The Hall–Kier alpha value is -1.95. The maximum absolute atomic E-state index is 13.1.